The number of hydrogen-bond acceptors (Lipinski definition) is 6. The molecule has 3 aromatic rings. The number of fused-ring (bicyclic) bond motifs is 1. The molecule has 28 heavy (non-hydrogen) atoms. The standard InChI is InChI=1S/C20H19FN4O2S/c1-28(26,27)20-23-11-16-13-25(9-8-19(16)24-20)12-14-2-7-18(22-10-14)15-3-5-17(21)6-4-15/h2-7,10-11H,8-9,12-13H2,1H3. The Morgan fingerprint density at radius 3 is 2.54 bits per heavy atom. The first-order valence-electron chi connectivity index (χ1n) is 8.86. The van der Waals surface area contributed by atoms with Crippen molar-refractivity contribution in [2.45, 2.75) is 24.7 Å². The summed E-state index contributed by atoms with van der Waals surface area (Å²) in [6.07, 6.45) is 5.24. The summed E-state index contributed by atoms with van der Waals surface area (Å²) >= 11 is 0. The average Bonchev–Trinajstić information content (AvgIpc) is 2.68. The maximum Gasteiger partial charge on any atom is 0.246 e. The van der Waals surface area contributed by atoms with Gasteiger partial charge in [-0.1, -0.05) is 6.07 Å². The summed E-state index contributed by atoms with van der Waals surface area (Å²) in [5.74, 6) is -0.265. The molecule has 1 aliphatic rings. The number of sulfone groups is 1. The highest BCUT2D eigenvalue weighted by Crippen LogP contribution is 2.21. The lowest BCUT2D eigenvalue weighted by molar-refractivity contribution is 0.242. The first-order valence-corrected chi connectivity index (χ1v) is 10.8. The lowest BCUT2D eigenvalue weighted by Gasteiger charge is -2.27. The third kappa shape index (κ3) is 4.07. The Morgan fingerprint density at radius 1 is 1.07 bits per heavy atom. The molecule has 144 valence electrons. The minimum atomic E-state index is -3.39. The Labute approximate surface area is 163 Å². The fourth-order valence-corrected chi connectivity index (χ4v) is 3.76. The zero-order chi connectivity index (χ0) is 19.7. The van der Waals surface area contributed by atoms with Gasteiger partial charge in [-0.2, -0.15) is 0 Å². The summed E-state index contributed by atoms with van der Waals surface area (Å²) < 4.78 is 36.3. The van der Waals surface area contributed by atoms with Crippen LogP contribution in [0.5, 0.6) is 0 Å². The van der Waals surface area contributed by atoms with Crippen LogP contribution < -0.4 is 0 Å². The molecule has 0 saturated carbocycles. The molecule has 3 heterocycles. The van der Waals surface area contributed by atoms with Gasteiger partial charge in [0.15, 0.2) is 0 Å². The van der Waals surface area contributed by atoms with Gasteiger partial charge in [0, 0.05) is 55.8 Å². The molecule has 6 nitrogen and oxygen atoms in total. The largest absolute Gasteiger partial charge is 0.294 e. The molecule has 0 bridgehead atoms. The number of halogens is 1. The van der Waals surface area contributed by atoms with Crippen molar-refractivity contribution in [3.63, 3.8) is 0 Å². The number of benzene rings is 1. The molecule has 1 aromatic carbocycles. The van der Waals surface area contributed by atoms with Gasteiger partial charge in [0.05, 0.1) is 11.4 Å². The van der Waals surface area contributed by atoms with Crippen molar-refractivity contribution >= 4 is 9.84 Å². The molecule has 0 aliphatic carbocycles. The molecule has 1 aliphatic heterocycles. The van der Waals surface area contributed by atoms with E-state index in [0.29, 0.717) is 13.0 Å². The first-order chi connectivity index (χ1) is 13.4. The maximum absolute atomic E-state index is 13.0. The second-order valence-electron chi connectivity index (χ2n) is 6.92. The number of rotatable bonds is 4. The zero-order valence-corrected chi connectivity index (χ0v) is 16.2. The van der Waals surface area contributed by atoms with E-state index in [4.69, 9.17) is 0 Å². The highest BCUT2D eigenvalue weighted by atomic mass is 32.2. The first kappa shape index (κ1) is 18.6. The number of nitrogens with zero attached hydrogens (tertiary/aromatic N) is 4. The predicted octanol–water partition coefficient (Wildman–Crippen LogP) is 2.64. The summed E-state index contributed by atoms with van der Waals surface area (Å²) in [4.78, 5) is 14.9. The third-order valence-electron chi connectivity index (χ3n) is 4.69. The van der Waals surface area contributed by atoms with Gasteiger partial charge in [0.1, 0.15) is 5.82 Å². The van der Waals surface area contributed by atoms with Gasteiger partial charge in [0.25, 0.3) is 0 Å². The van der Waals surface area contributed by atoms with Crippen LogP contribution in [0.3, 0.4) is 0 Å². The third-order valence-corrected chi connectivity index (χ3v) is 5.55. The summed E-state index contributed by atoms with van der Waals surface area (Å²) in [6.45, 7) is 2.18. The predicted molar refractivity (Wildman–Crippen MR) is 103 cm³/mol. The van der Waals surface area contributed by atoms with Crippen LogP contribution in [-0.4, -0.2) is 41.1 Å². The van der Waals surface area contributed by atoms with Crippen molar-refractivity contribution in [2.24, 2.45) is 0 Å². The molecular weight excluding hydrogens is 379 g/mol. The van der Waals surface area contributed by atoms with Crippen LogP contribution in [0.1, 0.15) is 16.8 Å². The van der Waals surface area contributed by atoms with Crippen molar-refractivity contribution in [2.75, 3.05) is 12.8 Å². The summed E-state index contributed by atoms with van der Waals surface area (Å²) in [5, 5.41) is -0.111. The van der Waals surface area contributed by atoms with Crippen LogP contribution in [0.4, 0.5) is 4.39 Å². The van der Waals surface area contributed by atoms with Crippen molar-refractivity contribution in [1.82, 2.24) is 19.9 Å². The van der Waals surface area contributed by atoms with Crippen LogP contribution in [-0.2, 0) is 29.3 Å². The fraction of sp³-hybridized carbons (Fsp3) is 0.250. The van der Waals surface area contributed by atoms with Gasteiger partial charge in [0.2, 0.25) is 15.0 Å². The number of aromatic nitrogens is 3. The van der Waals surface area contributed by atoms with E-state index in [1.807, 2.05) is 18.3 Å². The molecule has 0 atom stereocenters. The van der Waals surface area contributed by atoms with E-state index < -0.39 is 9.84 Å². The molecule has 2 aromatic heterocycles. The Balaban J connectivity index is 1.45. The smallest absolute Gasteiger partial charge is 0.246 e. The topological polar surface area (TPSA) is 76.1 Å². The SMILES string of the molecule is CS(=O)(=O)c1ncc2c(n1)CCN(Cc1ccc(-c3ccc(F)cc3)nc1)C2. The molecule has 0 amide bonds. The van der Waals surface area contributed by atoms with E-state index in [1.54, 1.807) is 18.3 Å². The molecule has 4 rings (SSSR count). The van der Waals surface area contributed by atoms with Crippen molar-refractivity contribution in [3.05, 3.63) is 71.4 Å². The van der Waals surface area contributed by atoms with Gasteiger partial charge in [-0.15, -0.1) is 0 Å². The van der Waals surface area contributed by atoms with Crippen LogP contribution in [0.25, 0.3) is 11.3 Å². The number of pyridine rings is 1. The lowest BCUT2D eigenvalue weighted by atomic mass is 10.1. The van der Waals surface area contributed by atoms with E-state index in [-0.39, 0.29) is 11.0 Å². The van der Waals surface area contributed by atoms with Gasteiger partial charge in [-0.05, 0) is 35.9 Å². The maximum atomic E-state index is 13.0. The van der Waals surface area contributed by atoms with E-state index in [1.165, 1.54) is 12.1 Å². The van der Waals surface area contributed by atoms with Crippen molar-refractivity contribution in [1.29, 1.82) is 0 Å². The summed E-state index contributed by atoms with van der Waals surface area (Å²) in [6, 6.07) is 10.2. The molecule has 0 spiro atoms. The fourth-order valence-electron chi connectivity index (χ4n) is 3.24. The van der Waals surface area contributed by atoms with Crippen LogP contribution in [0, 0.1) is 5.82 Å². The minimum absolute atomic E-state index is 0.111. The van der Waals surface area contributed by atoms with Crippen LogP contribution >= 0.6 is 0 Å². The van der Waals surface area contributed by atoms with E-state index in [0.717, 1.165) is 47.4 Å². The minimum Gasteiger partial charge on any atom is -0.294 e. The normalized spacial score (nSPS) is 14.6. The Bertz CT molecular complexity index is 1100. The van der Waals surface area contributed by atoms with E-state index >= 15 is 0 Å². The van der Waals surface area contributed by atoms with Gasteiger partial charge in [-0.3, -0.25) is 9.88 Å². The molecule has 0 unspecified atom stereocenters. The second-order valence-corrected chi connectivity index (χ2v) is 8.83. The van der Waals surface area contributed by atoms with Gasteiger partial charge >= 0.3 is 0 Å². The summed E-state index contributed by atoms with van der Waals surface area (Å²) in [7, 11) is -3.39. The Morgan fingerprint density at radius 2 is 1.86 bits per heavy atom. The van der Waals surface area contributed by atoms with Crippen LogP contribution in [0.15, 0.2) is 53.9 Å². The molecule has 0 saturated heterocycles. The molecule has 0 radical (unpaired) electrons. The molecular formula is C20H19FN4O2S. The van der Waals surface area contributed by atoms with Crippen LogP contribution in [0.2, 0.25) is 0 Å². The second kappa shape index (κ2) is 7.37. The number of hydrogen-bond donors (Lipinski definition) is 0. The molecule has 0 fully saturated rings. The average molecular weight is 398 g/mol. The van der Waals surface area contributed by atoms with Crippen molar-refractivity contribution < 1.29 is 12.8 Å². The van der Waals surface area contributed by atoms with E-state index in [9.17, 15) is 12.8 Å². The lowest BCUT2D eigenvalue weighted by Crippen LogP contribution is -2.31. The van der Waals surface area contributed by atoms with Crippen molar-refractivity contribution in [3.8, 4) is 11.3 Å². The Hall–Kier alpha value is -2.71. The Kier molecular flexibility index (Phi) is 4.91. The molecule has 0 N–H and O–H groups in total. The highest BCUT2D eigenvalue weighted by molar-refractivity contribution is 7.90. The quantitative estimate of drug-likeness (QED) is 0.629. The van der Waals surface area contributed by atoms with Gasteiger partial charge in [-0.25, -0.2) is 22.8 Å². The molecule has 8 heteroatoms. The van der Waals surface area contributed by atoms with Gasteiger partial charge < -0.3 is 0 Å². The monoisotopic (exact) mass is 398 g/mol. The van der Waals surface area contributed by atoms with E-state index in [2.05, 4.69) is 19.9 Å². The zero-order valence-electron chi connectivity index (χ0n) is 15.3. The summed E-state index contributed by atoms with van der Waals surface area (Å²) in [5.41, 5.74) is 4.50. The highest BCUT2D eigenvalue weighted by Gasteiger charge is 2.21.